The fourth-order valence-electron chi connectivity index (χ4n) is 0.493. The monoisotopic (exact) mass is 145 g/mol. The van der Waals surface area contributed by atoms with Crippen molar-refractivity contribution in [2.75, 3.05) is 0 Å². The van der Waals surface area contributed by atoms with Crippen LogP contribution in [-0.4, -0.2) is 10.2 Å². The molecule has 0 saturated heterocycles. The molecule has 0 amide bonds. The van der Waals surface area contributed by atoms with Crippen molar-refractivity contribution in [3.8, 4) is 11.5 Å². The van der Waals surface area contributed by atoms with Gasteiger partial charge in [-0.05, 0) is 12.1 Å². The zero-order chi connectivity index (χ0) is 5.98. The lowest BCUT2D eigenvalue weighted by Gasteiger charge is -1.89. The Morgan fingerprint density at radius 1 is 1.00 bits per heavy atom. The molecule has 3 heteroatoms. The van der Waals surface area contributed by atoms with Crippen LogP contribution in [-0.2, 0) is 0 Å². The predicted molar refractivity (Wildman–Crippen MR) is 29.8 cm³/mol. The van der Waals surface area contributed by atoms with E-state index in [2.05, 4.69) is 0 Å². The molecule has 0 bridgehead atoms. The van der Waals surface area contributed by atoms with E-state index in [0.29, 0.717) is 0 Å². The predicted octanol–water partition coefficient (Wildman–Crippen LogP) is -1.90. The molecule has 0 aromatic heterocycles. The molecule has 0 aliphatic heterocycles. The zero-order valence-corrected chi connectivity index (χ0v) is 5.34. The van der Waals surface area contributed by atoms with E-state index in [0.717, 1.165) is 0 Å². The van der Waals surface area contributed by atoms with Crippen LogP contribution >= 0.6 is 0 Å². The van der Waals surface area contributed by atoms with Crippen molar-refractivity contribution < 1.29 is 22.6 Å². The Kier molecular flexibility index (Phi) is 2.88. The Balaban J connectivity index is 0.000000640. The second-order valence-electron chi connectivity index (χ2n) is 1.52. The SMILES string of the molecule is Oc1cccc(O)c1.[Cl-]. The molecule has 0 saturated carbocycles. The van der Waals surface area contributed by atoms with Gasteiger partial charge in [0.1, 0.15) is 11.5 Å². The fraction of sp³-hybridized carbons (Fsp3) is 0. The van der Waals surface area contributed by atoms with Crippen molar-refractivity contribution in [2.24, 2.45) is 0 Å². The van der Waals surface area contributed by atoms with Gasteiger partial charge in [0.2, 0.25) is 0 Å². The van der Waals surface area contributed by atoms with Gasteiger partial charge in [-0.15, -0.1) is 0 Å². The van der Waals surface area contributed by atoms with Crippen molar-refractivity contribution >= 4 is 0 Å². The number of aromatic hydroxyl groups is 2. The Bertz CT molecular complexity index is 171. The highest BCUT2D eigenvalue weighted by Crippen LogP contribution is 2.14. The molecule has 0 radical (unpaired) electrons. The van der Waals surface area contributed by atoms with Crippen LogP contribution in [0.15, 0.2) is 24.3 Å². The summed E-state index contributed by atoms with van der Waals surface area (Å²) in [6, 6.07) is 5.85. The highest BCUT2D eigenvalue weighted by atomic mass is 35.5. The minimum atomic E-state index is 0. The molecule has 0 spiro atoms. The topological polar surface area (TPSA) is 40.5 Å². The van der Waals surface area contributed by atoms with E-state index >= 15 is 0 Å². The summed E-state index contributed by atoms with van der Waals surface area (Å²) in [4.78, 5) is 0. The van der Waals surface area contributed by atoms with E-state index < -0.39 is 0 Å². The normalized spacial score (nSPS) is 8.00. The molecule has 50 valence electrons. The molecule has 1 aromatic rings. The second kappa shape index (κ2) is 3.20. The highest BCUT2D eigenvalue weighted by molar-refractivity contribution is 5.30. The summed E-state index contributed by atoms with van der Waals surface area (Å²) in [5.41, 5.74) is 0. The van der Waals surface area contributed by atoms with Gasteiger partial charge in [0.05, 0.1) is 0 Å². The van der Waals surface area contributed by atoms with Gasteiger partial charge in [-0.3, -0.25) is 0 Å². The lowest BCUT2D eigenvalue weighted by Crippen LogP contribution is -3.00. The van der Waals surface area contributed by atoms with Gasteiger partial charge in [0, 0.05) is 6.07 Å². The van der Waals surface area contributed by atoms with Crippen molar-refractivity contribution in [3.05, 3.63) is 24.3 Å². The maximum absolute atomic E-state index is 8.65. The van der Waals surface area contributed by atoms with Gasteiger partial charge in [0.15, 0.2) is 0 Å². The quantitative estimate of drug-likeness (QED) is 0.448. The molecule has 0 unspecified atom stereocenters. The Labute approximate surface area is 59.2 Å². The van der Waals surface area contributed by atoms with Gasteiger partial charge >= 0.3 is 0 Å². The molecule has 0 aliphatic carbocycles. The maximum Gasteiger partial charge on any atom is 0.119 e. The first-order valence-corrected chi connectivity index (χ1v) is 2.27. The number of benzene rings is 1. The summed E-state index contributed by atoms with van der Waals surface area (Å²) in [5, 5.41) is 17.3. The van der Waals surface area contributed by atoms with Crippen LogP contribution in [0.2, 0.25) is 0 Å². The third kappa shape index (κ3) is 2.24. The van der Waals surface area contributed by atoms with E-state index in [-0.39, 0.29) is 23.9 Å². The Morgan fingerprint density at radius 3 is 1.67 bits per heavy atom. The summed E-state index contributed by atoms with van der Waals surface area (Å²) < 4.78 is 0. The molecule has 1 rings (SSSR count). The van der Waals surface area contributed by atoms with E-state index in [1.54, 1.807) is 6.07 Å². The van der Waals surface area contributed by atoms with Crippen LogP contribution in [0, 0.1) is 0 Å². The van der Waals surface area contributed by atoms with E-state index in [1.807, 2.05) is 0 Å². The van der Waals surface area contributed by atoms with Crippen LogP contribution in [0.1, 0.15) is 0 Å². The van der Waals surface area contributed by atoms with Crippen LogP contribution < -0.4 is 12.4 Å². The van der Waals surface area contributed by atoms with Crippen molar-refractivity contribution in [1.82, 2.24) is 0 Å². The summed E-state index contributed by atoms with van der Waals surface area (Å²) in [6.45, 7) is 0. The highest BCUT2D eigenvalue weighted by Gasteiger charge is 1.85. The van der Waals surface area contributed by atoms with Crippen LogP contribution in [0.4, 0.5) is 0 Å². The summed E-state index contributed by atoms with van der Waals surface area (Å²) in [5.74, 6) is 0.176. The van der Waals surface area contributed by atoms with Gasteiger partial charge < -0.3 is 22.6 Å². The van der Waals surface area contributed by atoms with E-state index in [4.69, 9.17) is 10.2 Å². The van der Waals surface area contributed by atoms with Crippen LogP contribution in [0.3, 0.4) is 0 Å². The molecule has 0 atom stereocenters. The molecule has 0 heterocycles. The summed E-state index contributed by atoms with van der Waals surface area (Å²) in [7, 11) is 0. The van der Waals surface area contributed by atoms with Gasteiger partial charge in [-0.2, -0.15) is 0 Å². The number of phenolic OH excluding ortho intramolecular Hbond substituents is 2. The lowest BCUT2D eigenvalue weighted by atomic mass is 10.3. The number of phenols is 2. The minimum absolute atomic E-state index is 0. The van der Waals surface area contributed by atoms with Crippen molar-refractivity contribution in [1.29, 1.82) is 0 Å². The molecule has 2 N–H and O–H groups in total. The van der Waals surface area contributed by atoms with Gasteiger partial charge in [0.25, 0.3) is 0 Å². The number of hydrogen-bond acceptors (Lipinski definition) is 2. The molecular formula is C6H6ClO2-. The minimum Gasteiger partial charge on any atom is -1.00 e. The number of halogens is 1. The molecule has 0 fully saturated rings. The largest absolute Gasteiger partial charge is 1.00 e. The molecule has 2 nitrogen and oxygen atoms in total. The fourth-order valence-corrected chi connectivity index (χ4v) is 0.493. The zero-order valence-electron chi connectivity index (χ0n) is 4.58. The van der Waals surface area contributed by atoms with Crippen molar-refractivity contribution in [3.63, 3.8) is 0 Å². The lowest BCUT2D eigenvalue weighted by molar-refractivity contribution is -0.00000384. The molecule has 0 aliphatic rings. The van der Waals surface area contributed by atoms with Crippen LogP contribution in [0.25, 0.3) is 0 Å². The van der Waals surface area contributed by atoms with Gasteiger partial charge in [-0.25, -0.2) is 0 Å². The second-order valence-corrected chi connectivity index (χ2v) is 1.52. The average Bonchev–Trinajstić information content (AvgIpc) is 1.64. The Morgan fingerprint density at radius 2 is 1.44 bits per heavy atom. The Hall–Kier alpha value is -0.890. The third-order valence-electron chi connectivity index (χ3n) is 0.830. The smallest absolute Gasteiger partial charge is 0.119 e. The van der Waals surface area contributed by atoms with E-state index in [1.165, 1.54) is 18.2 Å². The van der Waals surface area contributed by atoms with E-state index in [9.17, 15) is 0 Å². The standard InChI is InChI=1S/C6H6O2.ClH/c7-5-2-1-3-6(8)4-5;/h1-4,7-8H;1H/p-1. The first-order chi connectivity index (χ1) is 3.79. The summed E-state index contributed by atoms with van der Waals surface area (Å²) in [6.07, 6.45) is 0. The van der Waals surface area contributed by atoms with Crippen molar-refractivity contribution in [2.45, 2.75) is 0 Å². The maximum atomic E-state index is 8.65. The summed E-state index contributed by atoms with van der Waals surface area (Å²) >= 11 is 0. The third-order valence-corrected chi connectivity index (χ3v) is 0.830. The number of rotatable bonds is 0. The molecular weight excluding hydrogens is 140 g/mol. The van der Waals surface area contributed by atoms with Crippen LogP contribution in [0.5, 0.6) is 11.5 Å². The molecule has 9 heavy (non-hydrogen) atoms. The average molecular weight is 146 g/mol. The number of hydrogen-bond donors (Lipinski definition) is 2. The van der Waals surface area contributed by atoms with Gasteiger partial charge in [-0.1, -0.05) is 6.07 Å². The first kappa shape index (κ1) is 8.11. The molecule has 1 aromatic carbocycles. The first-order valence-electron chi connectivity index (χ1n) is 2.27.